The van der Waals surface area contributed by atoms with Crippen LogP contribution in [0.25, 0.3) is 0 Å². The maximum absolute atomic E-state index is 5.70. The molecule has 1 aliphatic rings. The van der Waals surface area contributed by atoms with Gasteiger partial charge in [-0.15, -0.1) is 6.58 Å². The Hall–Kier alpha value is -1.50. The van der Waals surface area contributed by atoms with Crippen LogP contribution in [0.1, 0.15) is 76.8 Å². The van der Waals surface area contributed by atoms with Gasteiger partial charge >= 0.3 is 0 Å². The summed E-state index contributed by atoms with van der Waals surface area (Å²) in [4.78, 5) is 0. The molecule has 0 saturated heterocycles. The molecule has 1 heteroatoms. The minimum absolute atomic E-state index is 0.902. The summed E-state index contributed by atoms with van der Waals surface area (Å²) in [5.74, 6) is 0. The van der Waals surface area contributed by atoms with E-state index < -0.39 is 0 Å². The fourth-order valence-corrected chi connectivity index (χ4v) is 2.45. The molecular formula is C22H37N. The van der Waals surface area contributed by atoms with Crippen LogP contribution in [0, 0.1) is 6.92 Å². The van der Waals surface area contributed by atoms with E-state index >= 15 is 0 Å². The third-order valence-corrected chi connectivity index (χ3v) is 3.99. The molecule has 0 aromatic heterocycles. The zero-order valence-electron chi connectivity index (χ0n) is 15.8. The van der Waals surface area contributed by atoms with Crippen LogP contribution < -0.4 is 5.73 Å². The summed E-state index contributed by atoms with van der Waals surface area (Å²) in [5, 5.41) is 0. The Bertz CT molecular complexity index is 457. The number of rotatable bonds is 4. The van der Waals surface area contributed by atoms with Crippen molar-refractivity contribution in [3.63, 3.8) is 0 Å². The van der Waals surface area contributed by atoms with E-state index in [-0.39, 0.29) is 0 Å². The van der Waals surface area contributed by atoms with Gasteiger partial charge in [-0.05, 0) is 76.0 Å². The molecule has 0 spiro atoms. The molecule has 0 fully saturated rings. The summed E-state index contributed by atoms with van der Waals surface area (Å²) in [6, 6.07) is 6.22. The second kappa shape index (κ2) is 14.1. The zero-order valence-corrected chi connectivity index (χ0v) is 15.8. The van der Waals surface area contributed by atoms with E-state index in [1.54, 1.807) is 11.6 Å². The van der Waals surface area contributed by atoms with Gasteiger partial charge in [-0.25, -0.2) is 0 Å². The first-order chi connectivity index (χ1) is 11.1. The summed E-state index contributed by atoms with van der Waals surface area (Å²) < 4.78 is 0. The molecule has 0 saturated carbocycles. The van der Waals surface area contributed by atoms with Crippen LogP contribution in [0.5, 0.6) is 0 Å². The topological polar surface area (TPSA) is 26.0 Å². The van der Waals surface area contributed by atoms with Crippen LogP contribution in [0.4, 0.5) is 5.69 Å². The van der Waals surface area contributed by atoms with Gasteiger partial charge in [0.2, 0.25) is 0 Å². The molecule has 0 bridgehead atoms. The molecular weight excluding hydrogens is 278 g/mol. The Morgan fingerprint density at radius 2 is 1.91 bits per heavy atom. The standard InChI is InChI=1S/C10H18.C9H13N.C3H6/c1-2-3-7-10-8-5-4-6-9-10;1-3-8-5-4-7(2)9(10)6-8;1-3-2/h8H,2-7,9H2,1H3;4-6H,3,10H2,1-2H3;3H,1H2,2H3. The van der Waals surface area contributed by atoms with Crippen LogP contribution in [-0.4, -0.2) is 0 Å². The molecule has 2 rings (SSSR count). The lowest BCUT2D eigenvalue weighted by Crippen LogP contribution is -1.91. The number of unbranched alkanes of at least 4 members (excludes halogenated alkanes) is 1. The first-order valence-electron chi connectivity index (χ1n) is 9.18. The van der Waals surface area contributed by atoms with Gasteiger partial charge in [-0.2, -0.15) is 0 Å². The molecule has 23 heavy (non-hydrogen) atoms. The van der Waals surface area contributed by atoms with Gasteiger partial charge in [0.15, 0.2) is 0 Å². The summed E-state index contributed by atoms with van der Waals surface area (Å²) in [6.07, 6.45) is 15.0. The van der Waals surface area contributed by atoms with Crippen LogP contribution in [-0.2, 0) is 6.42 Å². The van der Waals surface area contributed by atoms with Crippen molar-refractivity contribution in [1.29, 1.82) is 0 Å². The largest absolute Gasteiger partial charge is 0.399 e. The molecule has 0 aliphatic heterocycles. The Morgan fingerprint density at radius 3 is 2.39 bits per heavy atom. The van der Waals surface area contributed by atoms with E-state index in [0.29, 0.717) is 0 Å². The van der Waals surface area contributed by atoms with Gasteiger partial charge in [0.05, 0.1) is 0 Å². The summed E-state index contributed by atoms with van der Waals surface area (Å²) >= 11 is 0. The second-order valence-corrected chi connectivity index (χ2v) is 6.16. The lowest BCUT2D eigenvalue weighted by Gasteiger charge is -2.11. The number of allylic oxidation sites excluding steroid dienone is 3. The second-order valence-electron chi connectivity index (χ2n) is 6.16. The van der Waals surface area contributed by atoms with E-state index in [9.17, 15) is 0 Å². The summed E-state index contributed by atoms with van der Waals surface area (Å²) in [6.45, 7) is 11.7. The zero-order chi connectivity index (χ0) is 17.5. The molecule has 1 nitrogen and oxygen atoms in total. The van der Waals surface area contributed by atoms with Crippen molar-refractivity contribution in [2.24, 2.45) is 0 Å². The van der Waals surface area contributed by atoms with Gasteiger partial charge < -0.3 is 5.73 Å². The number of benzene rings is 1. The van der Waals surface area contributed by atoms with E-state index in [4.69, 9.17) is 5.73 Å². The SMILES string of the molecule is C=CC.CCCCC1=CCCCC1.CCc1ccc(C)c(N)c1. The third-order valence-electron chi connectivity index (χ3n) is 3.99. The van der Waals surface area contributed by atoms with Crippen molar-refractivity contribution >= 4 is 5.69 Å². The lowest BCUT2D eigenvalue weighted by molar-refractivity contribution is 0.655. The number of aryl methyl sites for hydroxylation is 2. The van der Waals surface area contributed by atoms with Gasteiger partial charge in [0.25, 0.3) is 0 Å². The molecule has 0 radical (unpaired) electrons. The van der Waals surface area contributed by atoms with Crippen molar-refractivity contribution in [2.75, 3.05) is 5.73 Å². The predicted molar refractivity (Wildman–Crippen MR) is 107 cm³/mol. The highest BCUT2D eigenvalue weighted by Crippen LogP contribution is 2.21. The summed E-state index contributed by atoms with van der Waals surface area (Å²) in [5.41, 5.74) is 10.8. The molecule has 1 aliphatic carbocycles. The van der Waals surface area contributed by atoms with Crippen LogP contribution in [0.15, 0.2) is 42.5 Å². The third kappa shape index (κ3) is 10.8. The molecule has 2 N–H and O–H groups in total. The maximum Gasteiger partial charge on any atom is 0.0346 e. The number of anilines is 1. The molecule has 1 aromatic carbocycles. The fourth-order valence-electron chi connectivity index (χ4n) is 2.45. The number of nitrogens with two attached hydrogens (primary N) is 1. The first kappa shape index (κ1) is 21.5. The minimum Gasteiger partial charge on any atom is -0.399 e. The van der Waals surface area contributed by atoms with Crippen LogP contribution in [0.3, 0.4) is 0 Å². The average Bonchev–Trinajstić information content (AvgIpc) is 2.58. The molecule has 1 aromatic rings. The highest BCUT2D eigenvalue weighted by molar-refractivity contribution is 5.48. The summed E-state index contributed by atoms with van der Waals surface area (Å²) in [7, 11) is 0. The number of hydrogen-bond acceptors (Lipinski definition) is 1. The monoisotopic (exact) mass is 315 g/mol. The van der Waals surface area contributed by atoms with Gasteiger partial charge in [0, 0.05) is 5.69 Å². The lowest BCUT2D eigenvalue weighted by atomic mass is 9.96. The Labute approximate surface area is 144 Å². The molecule has 0 heterocycles. The van der Waals surface area contributed by atoms with Gasteiger partial charge in [-0.3, -0.25) is 0 Å². The minimum atomic E-state index is 0.902. The Kier molecular flexibility index (Phi) is 13.2. The van der Waals surface area contributed by atoms with Gasteiger partial charge in [-0.1, -0.05) is 50.1 Å². The van der Waals surface area contributed by atoms with Crippen molar-refractivity contribution in [1.82, 2.24) is 0 Å². The number of nitrogen functional groups attached to an aromatic ring is 1. The smallest absolute Gasteiger partial charge is 0.0346 e. The highest BCUT2D eigenvalue weighted by Gasteiger charge is 2.01. The van der Waals surface area contributed by atoms with Crippen molar-refractivity contribution in [3.05, 3.63) is 53.6 Å². The Balaban J connectivity index is 0.000000360. The number of hydrogen-bond donors (Lipinski definition) is 1. The molecule has 0 unspecified atom stereocenters. The van der Waals surface area contributed by atoms with Crippen molar-refractivity contribution in [2.45, 2.75) is 79.1 Å². The molecule has 0 amide bonds. The van der Waals surface area contributed by atoms with Gasteiger partial charge in [0.1, 0.15) is 0 Å². The van der Waals surface area contributed by atoms with Crippen LogP contribution in [0.2, 0.25) is 0 Å². The van der Waals surface area contributed by atoms with E-state index in [2.05, 4.69) is 38.6 Å². The maximum atomic E-state index is 5.70. The van der Waals surface area contributed by atoms with Crippen molar-refractivity contribution in [3.8, 4) is 0 Å². The normalized spacial score (nSPS) is 13.0. The first-order valence-corrected chi connectivity index (χ1v) is 9.18. The fraction of sp³-hybridized carbons (Fsp3) is 0.545. The average molecular weight is 316 g/mol. The molecule has 130 valence electrons. The van der Waals surface area contributed by atoms with Crippen LogP contribution >= 0.6 is 0 Å². The highest BCUT2D eigenvalue weighted by atomic mass is 14.5. The molecule has 0 atom stereocenters. The Morgan fingerprint density at radius 1 is 1.22 bits per heavy atom. The van der Waals surface area contributed by atoms with E-state index in [1.807, 2.05) is 19.9 Å². The van der Waals surface area contributed by atoms with E-state index in [0.717, 1.165) is 17.7 Å². The predicted octanol–water partition coefficient (Wildman–Crippen LogP) is 7.01. The van der Waals surface area contributed by atoms with E-state index in [1.165, 1.54) is 50.5 Å². The quantitative estimate of drug-likeness (QED) is 0.469. The van der Waals surface area contributed by atoms with Crippen molar-refractivity contribution < 1.29 is 0 Å².